The number of carbonyl (C=O) groups is 3. The Kier molecular flexibility index (Phi) is 10.6. The Morgan fingerprint density at radius 1 is 0.912 bits per heavy atom. The van der Waals surface area contributed by atoms with Gasteiger partial charge in [0.25, 0.3) is 0 Å². The molecule has 2 aromatic rings. The van der Waals surface area contributed by atoms with Crippen LogP contribution in [-0.2, 0) is 30.3 Å². The third kappa shape index (κ3) is 9.25. The molecule has 2 N–H and O–H groups in total. The van der Waals surface area contributed by atoms with Crippen molar-refractivity contribution in [3.8, 4) is 16.9 Å². The van der Waals surface area contributed by atoms with E-state index < -0.39 is 23.3 Å². The average molecular weight is 470 g/mol. The monoisotopic (exact) mass is 469 g/mol. The van der Waals surface area contributed by atoms with Gasteiger partial charge in [0.1, 0.15) is 19.0 Å². The third-order valence-electron chi connectivity index (χ3n) is 5.52. The summed E-state index contributed by atoms with van der Waals surface area (Å²) in [6, 6.07) is 16.1. The summed E-state index contributed by atoms with van der Waals surface area (Å²) in [5.41, 5.74) is 7.71. The Bertz CT molecular complexity index is 953. The number of rotatable bonds is 14. The van der Waals surface area contributed by atoms with E-state index in [1.165, 1.54) is 13.8 Å². The summed E-state index contributed by atoms with van der Waals surface area (Å²) < 4.78 is 16.3. The van der Waals surface area contributed by atoms with Crippen LogP contribution in [0.2, 0.25) is 0 Å². The molecule has 0 aliphatic rings. The summed E-state index contributed by atoms with van der Waals surface area (Å²) in [6.45, 7) is 5.29. The highest BCUT2D eigenvalue weighted by molar-refractivity contribution is 5.75. The Labute approximate surface area is 201 Å². The smallest absolute Gasteiger partial charge is 0.302 e. The highest BCUT2D eigenvalue weighted by atomic mass is 16.5. The van der Waals surface area contributed by atoms with Gasteiger partial charge in [-0.3, -0.25) is 14.4 Å². The zero-order valence-corrected chi connectivity index (χ0v) is 20.3. The molecule has 0 bridgehead atoms. The number of primary amides is 1. The van der Waals surface area contributed by atoms with Crippen LogP contribution in [0.5, 0.6) is 5.75 Å². The number of nitrogens with two attached hydrogens (primary N) is 1. The van der Waals surface area contributed by atoms with Crippen molar-refractivity contribution in [2.45, 2.75) is 52.9 Å². The van der Waals surface area contributed by atoms with Crippen LogP contribution in [0.4, 0.5) is 0 Å². The number of hydrogen-bond donors (Lipinski definition) is 1. The normalized spacial score (nSPS) is 11.0. The van der Waals surface area contributed by atoms with Gasteiger partial charge in [-0.2, -0.15) is 0 Å². The van der Waals surface area contributed by atoms with E-state index in [-0.39, 0.29) is 19.6 Å². The molecule has 0 fully saturated rings. The first kappa shape index (κ1) is 26.9. The first-order chi connectivity index (χ1) is 16.2. The fourth-order valence-corrected chi connectivity index (χ4v) is 3.67. The molecule has 0 atom stereocenters. The van der Waals surface area contributed by atoms with Crippen molar-refractivity contribution in [2.75, 3.05) is 19.8 Å². The molecule has 0 unspecified atom stereocenters. The highest BCUT2D eigenvalue weighted by Gasteiger charge is 2.35. The molecule has 0 aliphatic heterocycles. The Balaban J connectivity index is 2.21. The maximum Gasteiger partial charge on any atom is 0.302 e. The van der Waals surface area contributed by atoms with Crippen LogP contribution in [0.15, 0.2) is 48.5 Å². The zero-order chi connectivity index (χ0) is 25.0. The molecule has 34 heavy (non-hydrogen) atoms. The standard InChI is InChI=1S/C27H35NO6/c1-4-5-14-32-25-11-7-10-24(16-25)23-9-6-8-22(15-23)12-13-27(17-26(28)31,18-33-20(2)29)19-34-21(3)30/h6-11,15-16H,4-5,12-14,17-19H2,1-3H3,(H2,28,31). The van der Waals surface area contributed by atoms with Crippen LogP contribution in [0.3, 0.4) is 0 Å². The number of ether oxygens (including phenoxy) is 3. The van der Waals surface area contributed by atoms with Crippen molar-refractivity contribution in [1.82, 2.24) is 0 Å². The number of unbranched alkanes of at least 4 members (excludes halogenated alkanes) is 1. The number of amides is 1. The second kappa shape index (κ2) is 13.4. The number of hydrogen-bond acceptors (Lipinski definition) is 6. The van der Waals surface area contributed by atoms with Gasteiger partial charge < -0.3 is 19.9 Å². The van der Waals surface area contributed by atoms with Crippen LogP contribution < -0.4 is 10.5 Å². The van der Waals surface area contributed by atoms with Gasteiger partial charge in [0.15, 0.2) is 0 Å². The van der Waals surface area contributed by atoms with Gasteiger partial charge >= 0.3 is 11.9 Å². The lowest BCUT2D eigenvalue weighted by molar-refractivity contribution is -0.154. The Hall–Kier alpha value is -3.35. The Morgan fingerprint density at radius 2 is 1.53 bits per heavy atom. The van der Waals surface area contributed by atoms with Crippen molar-refractivity contribution in [3.05, 3.63) is 54.1 Å². The zero-order valence-electron chi connectivity index (χ0n) is 20.3. The summed E-state index contributed by atoms with van der Waals surface area (Å²) in [4.78, 5) is 34.7. The summed E-state index contributed by atoms with van der Waals surface area (Å²) in [5, 5.41) is 0. The molecule has 2 rings (SSSR count). The molecule has 0 heterocycles. The van der Waals surface area contributed by atoms with Crippen molar-refractivity contribution in [3.63, 3.8) is 0 Å². The number of carbonyl (C=O) groups excluding carboxylic acids is 3. The number of benzene rings is 2. The summed E-state index contributed by atoms with van der Waals surface area (Å²) >= 11 is 0. The van der Waals surface area contributed by atoms with Gasteiger partial charge in [-0.05, 0) is 48.1 Å². The molecule has 0 spiro atoms. The molecule has 0 aromatic heterocycles. The molecule has 7 heteroatoms. The van der Waals surface area contributed by atoms with Gasteiger partial charge in [0, 0.05) is 25.7 Å². The third-order valence-corrected chi connectivity index (χ3v) is 5.52. The number of esters is 2. The molecule has 0 radical (unpaired) electrons. The van der Waals surface area contributed by atoms with Gasteiger partial charge in [-0.1, -0.05) is 49.7 Å². The lowest BCUT2D eigenvalue weighted by Crippen LogP contribution is -2.38. The molecule has 1 amide bonds. The molecule has 0 aliphatic carbocycles. The van der Waals surface area contributed by atoms with E-state index in [0.29, 0.717) is 19.4 Å². The van der Waals surface area contributed by atoms with Crippen LogP contribution in [0, 0.1) is 5.41 Å². The fourth-order valence-electron chi connectivity index (χ4n) is 3.67. The minimum atomic E-state index is -0.897. The van der Waals surface area contributed by atoms with Crippen LogP contribution in [0.25, 0.3) is 11.1 Å². The summed E-state index contributed by atoms with van der Waals surface area (Å²) in [7, 11) is 0. The van der Waals surface area contributed by atoms with Gasteiger partial charge in [0.2, 0.25) is 5.91 Å². The first-order valence-electron chi connectivity index (χ1n) is 11.6. The maximum absolute atomic E-state index is 11.8. The average Bonchev–Trinajstić information content (AvgIpc) is 2.80. The minimum Gasteiger partial charge on any atom is -0.494 e. The molecule has 7 nitrogen and oxygen atoms in total. The van der Waals surface area contributed by atoms with E-state index in [0.717, 1.165) is 35.3 Å². The van der Waals surface area contributed by atoms with Gasteiger partial charge in [0.05, 0.1) is 6.61 Å². The maximum atomic E-state index is 11.8. The second-order valence-electron chi connectivity index (χ2n) is 8.63. The van der Waals surface area contributed by atoms with Crippen molar-refractivity contribution in [2.24, 2.45) is 11.1 Å². The summed E-state index contributed by atoms with van der Waals surface area (Å²) in [6.07, 6.45) is 3.04. The first-order valence-corrected chi connectivity index (χ1v) is 11.6. The molecule has 2 aromatic carbocycles. The van der Waals surface area contributed by atoms with Gasteiger partial charge in [-0.15, -0.1) is 0 Å². The second-order valence-corrected chi connectivity index (χ2v) is 8.63. The van der Waals surface area contributed by atoms with Gasteiger partial charge in [-0.25, -0.2) is 0 Å². The number of aryl methyl sites for hydroxylation is 1. The Morgan fingerprint density at radius 3 is 2.12 bits per heavy atom. The van der Waals surface area contributed by atoms with E-state index in [9.17, 15) is 14.4 Å². The van der Waals surface area contributed by atoms with Crippen molar-refractivity contribution >= 4 is 17.8 Å². The lowest BCUT2D eigenvalue weighted by atomic mass is 9.80. The van der Waals surface area contributed by atoms with E-state index in [1.54, 1.807) is 0 Å². The predicted octanol–water partition coefficient (Wildman–Crippen LogP) is 4.45. The molecular weight excluding hydrogens is 434 g/mol. The summed E-state index contributed by atoms with van der Waals surface area (Å²) in [5.74, 6) is -0.660. The SMILES string of the molecule is CCCCOc1cccc(-c2cccc(CCC(COC(C)=O)(COC(C)=O)CC(N)=O)c2)c1. The van der Waals surface area contributed by atoms with Crippen molar-refractivity contribution in [1.29, 1.82) is 0 Å². The molecule has 0 saturated heterocycles. The quantitative estimate of drug-likeness (QED) is 0.324. The molecule has 0 saturated carbocycles. The fraction of sp³-hybridized carbons (Fsp3) is 0.444. The van der Waals surface area contributed by atoms with E-state index >= 15 is 0 Å². The van der Waals surface area contributed by atoms with E-state index in [1.807, 2.05) is 42.5 Å². The van der Waals surface area contributed by atoms with Crippen LogP contribution >= 0.6 is 0 Å². The van der Waals surface area contributed by atoms with Crippen LogP contribution in [-0.4, -0.2) is 37.7 Å². The highest BCUT2D eigenvalue weighted by Crippen LogP contribution is 2.31. The minimum absolute atomic E-state index is 0.0601. The van der Waals surface area contributed by atoms with Crippen molar-refractivity contribution < 1.29 is 28.6 Å². The van der Waals surface area contributed by atoms with E-state index in [2.05, 4.69) is 13.0 Å². The lowest BCUT2D eigenvalue weighted by Gasteiger charge is -2.31. The predicted molar refractivity (Wildman–Crippen MR) is 130 cm³/mol. The van der Waals surface area contributed by atoms with E-state index in [4.69, 9.17) is 19.9 Å². The topological polar surface area (TPSA) is 105 Å². The largest absolute Gasteiger partial charge is 0.494 e. The molecular formula is C27H35NO6. The van der Waals surface area contributed by atoms with Crippen LogP contribution in [0.1, 0.15) is 52.0 Å². The molecule has 184 valence electrons.